The van der Waals surface area contributed by atoms with Crippen LogP contribution in [0.2, 0.25) is 0 Å². The lowest BCUT2D eigenvalue weighted by atomic mass is 9.93. The number of rotatable bonds is 6. The highest BCUT2D eigenvalue weighted by molar-refractivity contribution is 14.0. The van der Waals surface area contributed by atoms with Crippen LogP contribution in [-0.2, 0) is 22.6 Å². The zero-order chi connectivity index (χ0) is 20.5. The zero-order valence-corrected chi connectivity index (χ0v) is 20.6. The number of likely N-dealkylation sites (tertiary alicyclic amines) is 1. The van der Waals surface area contributed by atoms with Gasteiger partial charge in [0.25, 0.3) is 0 Å². The molecule has 0 atom stereocenters. The summed E-state index contributed by atoms with van der Waals surface area (Å²) in [5, 5.41) is 6.24. The summed E-state index contributed by atoms with van der Waals surface area (Å²) in [6.45, 7) is 7.30. The van der Waals surface area contributed by atoms with Gasteiger partial charge in [-0.3, -0.25) is 14.7 Å². The topological polar surface area (TPSA) is 69.2 Å². The van der Waals surface area contributed by atoms with Crippen molar-refractivity contribution in [3.8, 4) is 0 Å². The van der Waals surface area contributed by atoms with E-state index in [-0.39, 0.29) is 29.9 Å². The molecule has 2 aliphatic rings. The third-order valence-electron chi connectivity index (χ3n) is 5.83. The first-order chi connectivity index (χ1) is 14.2. The van der Waals surface area contributed by atoms with Gasteiger partial charge >= 0.3 is 0 Å². The molecule has 8 heteroatoms. The number of halogens is 1. The van der Waals surface area contributed by atoms with E-state index in [4.69, 9.17) is 4.74 Å². The van der Waals surface area contributed by atoms with Gasteiger partial charge in [0, 0.05) is 59.8 Å². The number of nitrogens with one attached hydrogen (secondary N) is 2. The summed E-state index contributed by atoms with van der Waals surface area (Å²) < 4.78 is 5.44. The molecule has 1 aromatic rings. The second kappa shape index (κ2) is 13.1. The number of hydrogen-bond donors (Lipinski definition) is 2. The quantitative estimate of drug-likeness (QED) is 0.336. The molecule has 0 radical (unpaired) electrons. The fourth-order valence-corrected chi connectivity index (χ4v) is 4.08. The van der Waals surface area contributed by atoms with Gasteiger partial charge in [-0.1, -0.05) is 24.3 Å². The largest absolute Gasteiger partial charge is 0.379 e. The Morgan fingerprint density at radius 3 is 2.53 bits per heavy atom. The van der Waals surface area contributed by atoms with E-state index in [1.54, 1.807) is 7.05 Å². The van der Waals surface area contributed by atoms with Crippen LogP contribution < -0.4 is 10.6 Å². The minimum Gasteiger partial charge on any atom is -0.379 e. The lowest BCUT2D eigenvalue weighted by Crippen LogP contribution is -2.45. The van der Waals surface area contributed by atoms with Crippen LogP contribution in [-0.4, -0.2) is 75.2 Å². The Labute approximate surface area is 197 Å². The lowest BCUT2D eigenvalue weighted by Gasteiger charge is -2.34. The van der Waals surface area contributed by atoms with Crippen molar-refractivity contribution < 1.29 is 9.53 Å². The number of nitrogens with zero attached hydrogens (tertiary/aromatic N) is 3. The predicted octanol–water partition coefficient (Wildman–Crippen LogP) is 2.06. The Bertz CT molecular complexity index is 686. The molecule has 0 aliphatic carbocycles. The minimum absolute atomic E-state index is 0. The Kier molecular flexibility index (Phi) is 10.9. The molecular formula is C22H36IN5O2. The van der Waals surface area contributed by atoms with Crippen LogP contribution in [0.25, 0.3) is 0 Å². The average molecular weight is 529 g/mol. The molecule has 168 valence electrons. The number of morpholine rings is 1. The van der Waals surface area contributed by atoms with Gasteiger partial charge in [0.15, 0.2) is 5.96 Å². The lowest BCUT2D eigenvalue weighted by molar-refractivity contribution is -0.121. The number of benzene rings is 1. The summed E-state index contributed by atoms with van der Waals surface area (Å²) >= 11 is 0. The van der Waals surface area contributed by atoms with E-state index >= 15 is 0 Å². The molecule has 0 aromatic heterocycles. The van der Waals surface area contributed by atoms with Gasteiger partial charge in [0.05, 0.1) is 13.2 Å². The summed E-state index contributed by atoms with van der Waals surface area (Å²) in [5.41, 5.74) is 2.61. The van der Waals surface area contributed by atoms with E-state index in [0.717, 1.165) is 71.3 Å². The molecule has 0 saturated carbocycles. The smallest absolute Gasteiger partial charge is 0.220 e. The molecule has 0 spiro atoms. The van der Waals surface area contributed by atoms with Gasteiger partial charge < -0.3 is 20.3 Å². The molecule has 2 aliphatic heterocycles. The fourth-order valence-electron chi connectivity index (χ4n) is 4.08. The van der Waals surface area contributed by atoms with Gasteiger partial charge in [-0.05, 0) is 29.9 Å². The second-order valence-corrected chi connectivity index (χ2v) is 7.92. The molecule has 7 nitrogen and oxygen atoms in total. The number of hydrogen-bond acceptors (Lipinski definition) is 4. The monoisotopic (exact) mass is 529 g/mol. The van der Waals surface area contributed by atoms with Crippen molar-refractivity contribution in [1.82, 2.24) is 20.4 Å². The first-order valence-electron chi connectivity index (χ1n) is 10.7. The van der Waals surface area contributed by atoms with Crippen molar-refractivity contribution in [2.24, 2.45) is 10.9 Å². The fraction of sp³-hybridized carbons (Fsp3) is 0.636. The van der Waals surface area contributed by atoms with Crippen molar-refractivity contribution in [1.29, 1.82) is 0 Å². The number of piperidine rings is 1. The first-order valence-corrected chi connectivity index (χ1v) is 10.7. The SMILES string of the molecule is CN=C(NCc1cccc(CN2CCOCC2)c1)N1CCC(CC(=O)NC)CC1.I. The Morgan fingerprint density at radius 1 is 1.17 bits per heavy atom. The van der Waals surface area contributed by atoms with E-state index in [1.807, 2.05) is 7.05 Å². The van der Waals surface area contributed by atoms with Gasteiger partial charge in [0.1, 0.15) is 0 Å². The molecule has 2 fully saturated rings. The Hall–Kier alpha value is -1.39. The van der Waals surface area contributed by atoms with Gasteiger partial charge in [-0.2, -0.15) is 0 Å². The highest BCUT2D eigenvalue weighted by Crippen LogP contribution is 2.20. The maximum absolute atomic E-state index is 11.6. The molecule has 2 heterocycles. The maximum Gasteiger partial charge on any atom is 0.220 e. The van der Waals surface area contributed by atoms with Crippen LogP contribution in [0.1, 0.15) is 30.4 Å². The van der Waals surface area contributed by atoms with Gasteiger partial charge in [-0.15, -0.1) is 24.0 Å². The van der Waals surface area contributed by atoms with E-state index < -0.39 is 0 Å². The van der Waals surface area contributed by atoms with Crippen LogP contribution in [0, 0.1) is 5.92 Å². The minimum atomic E-state index is 0. The van der Waals surface area contributed by atoms with Crippen LogP contribution >= 0.6 is 24.0 Å². The van der Waals surface area contributed by atoms with Crippen LogP contribution in [0.4, 0.5) is 0 Å². The number of ether oxygens (including phenoxy) is 1. The van der Waals surface area contributed by atoms with Crippen molar-refractivity contribution in [3.63, 3.8) is 0 Å². The molecule has 3 rings (SSSR count). The number of amides is 1. The summed E-state index contributed by atoms with van der Waals surface area (Å²) in [6.07, 6.45) is 2.69. The van der Waals surface area contributed by atoms with Crippen LogP contribution in [0.3, 0.4) is 0 Å². The van der Waals surface area contributed by atoms with E-state index in [0.29, 0.717) is 12.3 Å². The molecule has 1 amide bonds. The molecular weight excluding hydrogens is 493 g/mol. The molecule has 30 heavy (non-hydrogen) atoms. The highest BCUT2D eigenvalue weighted by Gasteiger charge is 2.23. The summed E-state index contributed by atoms with van der Waals surface area (Å²) in [6, 6.07) is 8.79. The molecule has 1 aromatic carbocycles. The average Bonchev–Trinajstić information content (AvgIpc) is 2.76. The van der Waals surface area contributed by atoms with Crippen LogP contribution in [0.15, 0.2) is 29.3 Å². The van der Waals surface area contributed by atoms with Crippen molar-refractivity contribution >= 4 is 35.8 Å². The number of aliphatic imine (C=N–C) groups is 1. The standard InChI is InChI=1S/C22H35N5O2.HI/c1-23-21(28)15-18-6-8-27(9-7-18)22(24-2)25-16-19-4-3-5-20(14-19)17-26-10-12-29-13-11-26;/h3-5,14,18H,6-13,15-17H2,1-2H3,(H,23,28)(H,24,25);1H. The summed E-state index contributed by atoms with van der Waals surface area (Å²) in [4.78, 5) is 20.8. The third kappa shape index (κ3) is 7.70. The molecule has 2 N–H and O–H groups in total. The van der Waals surface area contributed by atoms with Crippen molar-refractivity contribution in [3.05, 3.63) is 35.4 Å². The van der Waals surface area contributed by atoms with E-state index in [2.05, 4.69) is 49.7 Å². The van der Waals surface area contributed by atoms with Gasteiger partial charge in [0.2, 0.25) is 5.91 Å². The third-order valence-corrected chi connectivity index (χ3v) is 5.83. The Balaban J connectivity index is 0.00000320. The molecule has 0 unspecified atom stereocenters. The molecule has 0 bridgehead atoms. The van der Waals surface area contributed by atoms with Crippen molar-refractivity contribution in [2.75, 3.05) is 53.5 Å². The number of carbonyl (C=O) groups excluding carboxylic acids is 1. The highest BCUT2D eigenvalue weighted by atomic mass is 127. The summed E-state index contributed by atoms with van der Waals surface area (Å²) in [5.74, 6) is 1.56. The predicted molar refractivity (Wildman–Crippen MR) is 131 cm³/mol. The normalized spacial score (nSPS) is 18.6. The maximum atomic E-state index is 11.6. The summed E-state index contributed by atoms with van der Waals surface area (Å²) in [7, 11) is 3.55. The Morgan fingerprint density at radius 2 is 1.87 bits per heavy atom. The molecule has 2 saturated heterocycles. The van der Waals surface area contributed by atoms with E-state index in [1.165, 1.54) is 11.1 Å². The zero-order valence-electron chi connectivity index (χ0n) is 18.2. The number of carbonyl (C=O) groups is 1. The van der Waals surface area contributed by atoms with Crippen molar-refractivity contribution in [2.45, 2.75) is 32.4 Å². The van der Waals surface area contributed by atoms with Crippen LogP contribution in [0.5, 0.6) is 0 Å². The first kappa shape index (κ1) is 24.9. The number of guanidine groups is 1. The second-order valence-electron chi connectivity index (χ2n) is 7.92. The van der Waals surface area contributed by atoms with E-state index in [9.17, 15) is 4.79 Å². The van der Waals surface area contributed by atoms with Gasteiger partial charge in [-0.25, -0.2) is 0 Å².